The molecule has 0 aliphatic carbocycles. The van der Waals surface area contributed by atoms with E-state index in [1.54, 1.807) is 23.6 Å². The van der Waals surface area contributed by atoms with Crippen LogP contribution in [0.1, 0.15) is 53.7 Å². The molecule has 2 aromatic rings. The van der Waals surface area contributed by atoms with Gasteiger partial charge in [0.1, 0.15) is 12.4 Å². The maximum atomic E-state index is 12.1. The largest absolute Gasteiger partial charge is 0.456 e. The lowest BCUT2D eigenvalue weighted by molar-refractivity contribution is 0.0468. The number of nitrogens with zero attached hydrogens (tertiary/aromatic N) is 3. The predicted molar refractivity (Wildman–Crippen MR) is 95.5 cm³/mol. The van der Waals surface area contributed by atoms with E-state index < -0.39 is 0 Å². The number of carbonyl (C=O) groups is 1. The molecule has 0 bridgehead atoms. The minimum atomic E-state index is -0.351. The van der Waals surface area contributed by atoms with Crippen molar-refractivity contribution in [2.24, 2.45) is 0 Å². The Morgan fingerprint density at radius 3 is 2.67 bits per heavy atom. The van der Waals surface area contributed by atoms with Crippen molar-refractivity contribution in [1.29, 1.82) is 0 Å². The van der Waals surface area contributed by atoms with Crippen molar-refractivity contribution in [3.05, 3.63) is 40.0 Å². The molecule has 0 spiro atoms. The molecule has 2 aromatic heterocycles. The summed E-state index contributed by atoms with van der Waals surface area (Å²) in [4.78, 5) is 23.3. The lowest BCUT2D eigenvalue weighted by Gasteiger charge is -2.21. The zero-order chi connectivity index (χ0) is 16.8. The molecular formula is C18H23N3O2S. The predicted octanol–water partition coefficient (Wildman–Crippen LogP) is 3.84. The lowest BCUT2D eigenvalue weighted by Crippen LogP contribution is -2.24. The summed E-state index contributed by atoms with van der Waals surface area (Å²) in [6.45, 7) is 4.36. The Kier molecular flexibility index (Phi) is 5.80. The van der Waals surface area contributed by atoms with Gasteiger partial charge in [-0.15, -0.1) is 11.3 Å². The molecule has 0 atom stereocenters. The number of thiazole rings is 1. The van der Waals surface area contributed by atoms with Gasteiger partial charge in [-0.25, -0.2) is 14.8 Å². The second-order valence-electron chi connectivity index (χ2n) is 5.97. The second kappa shape index (κ2) is 8.24. The van der Waals surface area contributed by atoms with E-state index in [0.29, 0.717) is 5.56 Å². The molecule has 1 fully saturated rings. The molecule has 0 saturated carbocycles. The summed E-state index contributed by atoms with van der Waals surface area (Å²) < 4.78 is 5.33. The van der Waals surface area contributed by atoms with Crippen molar-refractivity contribution in [3.63, 3.8) is 0 Å². The molecule has 1 aliphatic rings. The number of pyridine rings is 1. The van der Waals surface area contributed by atoms with Gasteiger partial charge in [-0.1, -0.05) is 19.8 Å². The fraction of sp³-hybridized carbons (Fsp3) is 0.500. The van der Waals surface area contributed by atoms with E-state index in [4.69, 9.17) is 4.74 Å². The van der Waals surface area contributed by atoms with E-state index in [1.165, 1.54) is 25.7 Å². The molecule has 1 saturated heterocycles. The van der Waals surface area contributed by atoms with E-state index in [2.05, 4.69) is 21.8 Å². The normalized spacial score (nSPS) is 15.1. The van der Waals surface area contributed by atoms with Gasteiger partial charge in [-0.2, -0.15) is 0 Å². The maximum absolute atomic E-state index is 12.1. The molecule has 5 nitrogen and oxygen atoms in total. The summed E-state index contributed by atoms with van der Waals surface area (Å²) in [6, 6.07) is 3.72. The van der Waals surface area contributed by atoms with Crippen molar-refractivity contribution in [2.45, 2.75) is 45.6 Å². The summed E-state index contributed by atoms with van der Waals surface area (Å²) in [7, 11) is 0. The first-order valence-electron chi connectivity index (χ1n) is 8.57. The average molecular weight is 345 g/mol. The van der Waals surface area contributed by atoms with Gasteiger partial charge < -0.3 is 9.64 Å². The average Bonchev–Trinajstić information content (AvgIpc) is 2.92. The number of esters is 1. The van der Waals surface area contributed by atoms with Crippen LogP contribution in [0.25, 0.3) is 0 Å². The summed E-state index contributed by atoms with van der Waals surface area (Å²) in [5.74, 6) is 0.594. The van der Waals surface area contributed by atoms with E-state index in [1.807, 2.05) is 11.4 Å². The number of ether oxygens (including phenoxy) is 1. The number of hydrogen-bond acceptors (Lipinski definition) is 6. The maximum Gasteiger partial charge on any atom is 0.340 e. The van der Waals surface area contributed by atoms with E-state index in [0.717, 1.165) is 36.0 Å². The highest BCUT2D eigenvalue weighted by Gasteiger charge is 2.13. The van der Waals surface area contributed by atoms with Gasteiger partial charge in [0.15, 0.2) is 0 Å². The Morgan fingerprint density at radius 1 is 1.25 bits per heavy atom. The van der Waals surface area contributed by atoms with Gasteiger partial charge in [0.05, 0.1) is 16.3 Å². The summed E-state index contributed by atoms with van der Waals surface area (Å²) in [5, 5.41) is 3.00. The Balaban J connectivity index is 1.56. The molecule has 0 aromatic carbocycles. The second-order valence-corrected chi connectivity index (χ2v) is 6.91. The molecule has 6 heteroatoms. The van der Waals surface area contributed by atoms with Gasteiger partial charge in [0.25, 0.3) is 0 Å². The first-order valence-corrected chi connectivity index (χ1v) is 9.45. The third kappa shape index (κ3) is 4.32. The molecule has 0 unspecified atom stereocenters. The molecule has 0 N–H and O–H groups in total. The number of aryl methyl sites for hydroxylation is 1. The van der Waals surface area contributed by atoms with Crippen LogP contribution in [0.4, 0.5) is 5.82 Å². The van der Waals surface area contributed by atoms with Crippen LogP contribution in [-0.2, 0) is 17.8 Å². The zero-order valence-electron chi connectivity index (χ0n) is 14.0. The van der Waals surface area contributed by atoms with Gasteiger partial charge in [-0.05, 0) is 31.4 Å². The van der Waals surface area contributed by atoms with Crippen molar-refractivity contribution in [3.8, 4) is 0 Å². The summed E-state index contributed by atoms with van der Waals surface area (Å²) in [5.41, 5.74) is 1.29. The molecule has 128 valence electrons. The third-order valence-electron chi connectivity index (χ3n) is 4.17. The minimum Gasteiger partial charge on any atom is -0.456 e. The minimum absolute atomic E-state index is 0.212. The molecule has 0 amide bonds. The van der Waals surface area contributed by atoms with Gasteiger partial charge in [0, 0.05) is 24.7 Å². The molecular weight excluding hydrogens is 322 g/mol. The van der Waals surface area contributed by atoms with Crippen LogP contribution in [0.2, 0.25) is 0 Å². The lowest BCUT2D eigenvalue weighted by atomic mass is 10.2. The Labute approximate surface area is 146 Å². The van der Waals surface area contributed by atoms with Crippen LogP contribution >= 0.6 is 11.3 Å². The number of anilines is 1. The summed E-state index contributed by atoms with van der Waals surface area (Å²) >= 11 is 1.60. The highest BCUT2D eigenvalue weighted by molar-refractivity contribution is 7.09. The van der Waals surface area contributed by atoms with Crippen LogP contribution in [0.5, 0.6) is 0 Å². The smallest absolute Gasteiger partial charge is 0.340 e. The van der Waals surface area contributed by atoms with Crippen LogP contribution in [0, 0.1) is 0 Å². The monoisotopic (exact) mass is 345 g/mol. The van der Waals surface area contributed by atoms with Gasteiger partial charge in [-0.3, -0.25) is 0 Å². The molecule has 1 aliphatic heterocycles. The fourth-order valence-corrected chi connectivity index (χ4v) is 3.52. The standard InChI is InChI=1S/C18H23N3O2S/c1-2-17-20-15(13-24-17)12-23-18(22)14-7-8-16(19-11-14)21-9-5-3-4-6-10-21/h7-8,11,13H,2-6,9-10,12H2,1H3. The zero-order valence-corrected chi connectivity index (χ0v) is 14.8. The molecule has 3 heterocycles. The van der Waals surface area contributed by atoms with Crippen LogP contribution in [-0.4, -0.2) is 29.0 Å². The Morgan fingerprint density at radius 2 is 2.04 bits per heavy atom. The third-order valence-corrected chi connectivity index (χ3v) is 5.21. The van der Waals surface area contributed by atoms with E-state index in [-0.39, 0.29) is 12.6 Å². The SMILES string of the molecule is CCc1nc(COC(=O)c2ccc(N3CCCCCC3)nc2)cs1. The van der Waals surface area contributed by atoms with Crippen molar-refractivity contribution >= 4 is 23.1 Å². The van der Waals surface area contributed by atoms with Crippen LogP contribution in [0.15, 0.2) is 23.7 Å². The Bertz CT molecular complexity index is 661. The number of rotatable bonds is 5. The Hall–Kier alpha value is -1.95. The van der Waals surface area contributed by atoms with E-state index >= 15 is 0 Å². The van der Waals surface area contributed by atoms with Gasteiger partial charge >= 0.3 is 5.97 Å². The highest BCUT2D eigenvalue weighted by Crippen LogP contribution is 2.18. The number of carbonyl (C=O) groups excluding carboxylic acids is 1. The van der Waals surface area contributed by atoms with E-state index in [9.17, 15) is 4.79 Å². The van der Waals surface area contributed by atoms with Crippen LogP contribution < -0.4 is 4.90 Å². The van der Waals surface area contributed by atoms with Crippen molar-refractivity contribution in [1.82, 2.24) is 9.97 Å². The topological polar surface area (TPSA) is 55.3 Å². The van der Waals surface area contributed by atoms with Crippen LogP contribution in [0.3, 0.4) is 0 Å². The molecule has 3 rings (SSSR count). The number of aromatic nitrogens is 2. The quantitative estimate of drug-likeness (QED) is 0.771. The fourth-order valence-electron chi connectivity index (χ4n) is 2.79. The highest BCUT2D eigenvalue weighted by atomic mass is 32.1. The first-order chi connectivity index (χ1) is 11.8. The van der Waals surface area contributed by atoms with Crippen molar-refractivity contribution in [2.75, 3.05) is 18.0 Å². The van der Waals surface area contributed by atoms with Crippen molar-refractivity contribution < 1.29 is 9.53 Å². The first kappa shape index (κ1) is 16.9. The molecule has 0 radical (unpaired) electrons. The number of hydrogen-bond donors (Lipinski definition) is 0. The molecule has 24 heavy (non-hydrogen) atoms. The van der Waals surface area contributed by atoms with Gasteiger partial charge in [0.2, 0.25) is 0 Å². The summed E-state index contributed by atoms with van der Waals surface area (Å²) in [6.07, 6.45) is 7.51.